The summed E-state index contributed by atoms with van der Waals surface area (Å²) in [5.41, 5.74) is 0.217. The van der Waals surface area contributed by atoms with Crippen molar-refractivity contribution in [3.63, 3.8) is 0 Å². The molecule has 0 saturated heterocycles. The Balaban J connectivity index is 1.81. The van der Waals surface area contributed by atoms with Gasteiger partial charge in [-0.25, -0.2) is 0 Å². The third kappa shape index (κ3) is 3.67. The van der Waals surface area contributed by atoms with E-state index in [-0.39, 0.29) is 53.0 Å². The molecule has 6 unspecified atom stereocenters. The van der Waals surface area contributed by atoms with E-state index in [1.165, 1.54) is 20.8 Å². The Morgan fingerprint density at radius 1 is 0.938 bits per heavy atom. The first-order chi connectivity index (χ1) is 15.0. The Labute approximate surface area is 189 Å². The topological polar surface area (TPSA) is 96.0 Å². The summed E-state index contributed by atoms with van der Waals surface area (Å²) >= 11 is 0. The quantitative estimate of drug-likeness (QED) is 0.372. The number of carbonyl (C=O) groups excluding carboxylic acids is 4. The van der Waals surface area contributed by atoms with Gasteiger partial charge in [0, 0.05) is 50.9 Å². The van der Waals surface area contributed by atoms with Gasteiger partial charge in [0.05, 0.1) is 0 Å². The average molecular weight is 447 g/mol. The molecule has 0 spiro atoms. The highest BCUT2D eigenvalue weighted by atomic mass is 16.6. The lowest BCUT2D eigenvalue weighted by Crippen LogP contribution is -2.61. The maximum atomic E-state index is 13.0. The lowest BCUT2D eigenvalue weighted by molar-refractivity contribution is -0.189. The molecule has 7 nitrogen and oxygen atoms in total. The van der Waals surface area contributed by atoms with Crippen molar-refractivity contribution in [1.29, 1.82) is 0 Å². The van der Waals surface area contributed by atoms with Crippen LogP contribution in [0.1, 0.15) is 73.1 Å². The van der Waals surface area contributed by atoms with Crippen LogP contribution >= 0.6 is 0 Å². The maximum Gasteiger partial charge on any atom is 0.303 e. The lowest BCUT2D eigenvalue weighted by atomic mass is 9.46. The molecule has 3 saturated carbocycles. The molecule has 32 heavy (non-hydrogen) atoms. The van der Waals surface area contributed by atoms with Crippen molar-refractivity contribution in [2.24, 2.45) is 28.6 Å². The van der Waals surface area contributed by atoms with E-state index in [0.717, 1.165) is 24.8 Å². The van der Waals surface area contributed by atoms with Gasteiger partial charge in [-0.15, -0.1) is 0 Å². The average Bonchev–Trinajstić information content (AvgIpc) is 2.95. The zero-order valence-electron chi connectivity index (χ0n) is 19.6. The molecule has 3 fully saturated rings. The summed E-state index contributed by atoms with van der Waals surface area (Å²) in [6.45, 7) is 8.40. The van der Waals surface area contributed by atoms with Crippen molar-refractivity contribution in [3.05, 3.63) is 11.6 Å². The number of carbonyl (C=O) groups is 4. The number of hydrogen-bond acceptors (Lipinski definition) is 7. The van der Waals surface area contributed by atoms with E-state index in [4.69, 9.17) is 14.2 Å². The molecule has 0 radical (unpaired) electrons. The van der Waals surface area contributed by atoms with Gasteiger partial charge in [-0.3, -0.25) is 19.2 Å². The number of fused-ring (bicyclic) bond motifs is 5. The van der Waals surface area contributed by atoms with Crippen LogP contribution in [0.15, 0.2) is 11.6 Å². The minimum Gasteiger partial charge on any atom is -0.462 e. The van der Waals surface area contributed by atoms with Crippen LogP contribution in [0.5, 0.6) is 0 Å². The van der Waals surface area contributed by atoms with E-state index in [1.54, 1.807) is 0 Å². The monoisotopic (exact) mass is 446 g/mol. The normalized spacial score (nSPS) is 42.7. The van der Waals surface area contributed by atoms with E-state index in [1.807, 2.05) is 13.0 Å². The largest absolute Gasteiger partial charge is 0.462 e. The summed E-state index contributed by atoms with van der Waals surface area (Å²) in [6.07, 6.45) is 4.74. The van der Waals surface area contributed by atoms with E-state index in [9.17, 15) is 19.2 Å². The van der Waals surface area contributed by atoms with E-state index < -0.39 is 17.6 Å². The first-order valence-electron chi connectivity index (χ1n) is 11.7. The number of ether oxygens (including phenoxy) is 3. The fourth-order valence-electron chi connectivity index (χ4n) is 7.41. The summed E-state index contributed by atoms with van der Waals surface area (Å²) in [5, 5.41) is 0. The van der Waals surface area contributed by atoms with Crippen molar-refractivity contribution < 1.29 is 33.4 Å². The minimum atomic E-state index is -0.587. The highest BCUT2D eigenvalue weighted by molar-refractivity contribution is 5.87. The fraction of sp³-hybridized carbons (Fsp3) is 0.760. The second kappa shape index (κ2) is 7.99. The molecule has 176 valence electrons. The number of hydrogen-bond donors (Lipinski definition) is 0. The summed E-state index contributed by atoms with van der Waals surface area (Å²) in [4.78, 5) is 48.7. The van der Waals surface area contributed by atoms with Crippen LogP contribution in [0.25, 0.3) is 0 Å². The number of Topliss-reactive ketones (excluding diaryl/α,β-unsaturated/α-hetero) is 1. The van der Waals surface area contributed by atoms with Crippen molar-refractivity contribution in [2.75, 3.05) is 0 Å². The second-order valence-electron chi connectivity index (χ2n) is 10.6. The van der Waals surface area contributed by atoms with E-state index in [0.29, 0.717) is 19.3 Å². The third-order valence-corrected chi connectivity index (χ3v) is 8.64. The smallest absolute Gasteiger partial charge is 0.303 e. The molecule has 0 bridgehead atoms. The number of ketones is 1. The van der Waals surface area contributed by atoms with Crippen LogP contribution in [0, 0.1) is 28.6 Å². The molecule has 0 heterocycles. The van der Waals surface area contributed by atoms with Gasteiger partial charge in [0.25, 0.3) is 0 Å². The Morgan fingerprint density at radius 3 is 2.22 bits per heavy atom. The molecule has 0 aromatic rings. The molecule has 0 aromatic carbocycles. The van der Waals surface area contributed by atoms with Crippen LogP contribution in [0.3, 0.4) is 0 Å². The van der Waals surface area contributed by atoms with Crippen molar-refractivity contribution in [2.45, 2.75) is 91.5 Å². The van der Waals surface area contributed by atoms with Gasteiger partial charge in [-0.1, -0.05) is 19.4 Å². The number of rotatable bonds is 3. The highest BCUT2D eigenvalue weighted by Gasteiger charge is 2.65. The Hall–Kier alpha value is -2.18. The van der Waals surface area contributed by atoms with Crippen LogP contribution in [-0.4, -0.2) is 42.0 Å². The molecular weight excluding hydrogens is 412 g/mol. The Morgan fingerprint density at radius 2 is 1.59 bits per heavy atom. The van der Waals surface area contributed by atoms with Crippen molar-refractivity contribution in [3.8, 4) is 0 Å². The molecule has 4 aliphatic carbocycles. The molecule has 0 amide bonds. The van der Waals surface area contributed by atoms with Crippen LogP contribution < -0.4 is 0 Å². The van der Waals surface area contributed by atoms with Gasteiger partial charge < -0.3 is 14.2 Å². The third-order valence-electron chi connectivity index (χ3n) is 8.64. The fourth-order valence-corrected chi connectivity index (χ4v) is 7.41. The van der Waals surface area contributed by atoms with Gasteiger partial charge in [0.1, 0.15) is 24.1 Å². The number of esters is 3. The molecule has 4 rings (SSSR count). The molecule has 8 atom stereocenters. The molecule has 4 aliphatic rings. The summed E-state index contributed by atoms with van der Waals surface area (Å²) in [7, 11) is 0. The summed E-state index contributed by atoms with van der Waals surface area (Å²) < 4.78 is 17.2. The Bertz CT molecular complexity index is 876. The predicted molar refractivity (Wildman–Crippen MR) is 114 cm³/mol. The van der Waals surface area contributed by atoms with Crippen LogP contribution in [-0.2, 0) is 33.4 Å². The standard InChI is InChI=1S/C25H34O7/c1-13(26)30-17-8-9-24(4)16(10-17)11-19(31-14(2)27)22-18-6-7-21(29)25(18,5)12-20(23(22)24)32-15(3)28/h11,17-20,22-23H,6-10,12H2,1-5H3/t17?,18?,19-,20+,22?,23?,24?,25?/m0/s1. The van der Waals surface area contributed by atoms with Crippen LogP contribution in [0.4, 0.5) is 0 Å². The maximum absolute atomic E-state index is 13.0. The van der Waals surface area contributed by atoms with E-state index in [2.05, 4.69) is 6.92 Å². The predicted octanol–water partition coefficient (Wildman–Crippen LogP) is 3.53. The van der Waals surface area contributed by atoms with E-state index >= 15 is 0 Å². The molecule has 0 aromatic heterocycles. The van der Waals surface area contributed by atoms with Gasteiger partial charge in [0.2, 0.25) is 0 Å². The van der Waals surface area contributed by atoms with Gasteiger partial charge in [0.15, 0.2) is 0 Å². The minimum absolute atomic E-state index is 0.0666. The molecule has 0 aliphatic heterocycles. The first kappa shape index (κ1) is 23.0. The van der Waals surface area contributed by atoms with Gasteiger partial charge >= 0.3 is 17.9 Å². The zero-order valence-corrected chi connectivity index (χ0v) is 19.6. The van der Waals surface area contributed by atoms with Crippen LogP contribution in [0.2, 0.25) is 0 Å². The van der Waals surface area contributed by atoms with Gasteiger partial charge in [-0.05, 0) is 43.1 Å². The molecule has 0 N–H and O–H groups in total. The van der Waals surface area contributed by atoms with Gasteiger partial charge in [-0.2, -0.15) is 0 Å². The second-order valence-corrected chi connectivity index (χ2v) is 10.6. The molecule has 7 heteroatoms. The summed E-state index contributed by atoms with van der Waals surface area (Å²) in [5.74, 6) is -0.943. The summed E-state index contributed by atoms with van der Waals surface area (Å²) in [6, 6.07) is 0. The SMILES string of the molecule is CC(=O)OC1CCC2(C)C(=C[C@H](OC(C)=O)C3C4CCC(=O)C4(C)C[C@@H](OC(C)=O)C32)C1. The lowest BCUT2D eigenvalue weighted by Gasteiger charge is -2.60. The first-order valence-corrected chi connectivity index (χ1v) is 11.7. The van der Waals surface area contributed by atoms with Crippen molar-refractivity contribution in [1.82, 2.24) is 0 Å². The Kier molecular flexibility index (Phi) is 5.74. The highest BCUT2D eigenvalue weighted by Crippen LogP contribution is 2.65. The van der Waals surface area contributed by atoms with Crippen molar-refractivity contribution >= 4 is 23.7 Å². The zero-order chi connectivity index (χ0) is 23.4. The molecular formula is C25H34O7.